The lowest BCUT2D eigenvalue weighted by Crippen LogP contribution is -2.49. The number of nitrogens with zero attached hydrogens (tertiary/aromatic N) is 2. The monoisotopic (exact) mass is 481 g/mol. The van der Waals surface area contributed by atoms with Gasteiger partial charge in [0, 0.05) is 40.9 Å². The van der Waals surface area contributed by atoms with Gasteiger partial charge in [-0.2, -0.15) is 5.10 Å². The minimum atomic E-state index is -3.77. The maximum absolute atomic E-state index is 12.1. The molecule has 1 aromatic heterocycles. The molecule has 2 aromatic carbocycles. The van der Waals surface area contributed by atoms with E-state index in [1.807, 2.05) is 42.5 Å². The number of aliphatic hydroxyl groups is 1. The maximum atomic E-state index is 12.1. The van der Waals surface area contributed by atoms with Gasteiger partial charge in [-0.1, -0.05) is 24.0 Å². The number of benzene rings is 2. The predicted molar refractivity (Wildman–Crippen MR) is 128 cm³/mol. The molecule has 0 spiro atoms. The van der Waals surface area contributed by atoms with Crippen molar-refractivity contribution < 1.29 is 23.5 Å². The molecule has 1 amide bonds. The van der Waals surface area contributed by atoms with E-state index >= 15 is 0 Å². The summed E-state index contributed by atoms with van der Waals surface area (Å²) in [6.45, 7) is 1.63. The van der Waals surface area contributed by atoms with Crippen molar-refractivity contribution in [2.75, 3.05) is 12.9 Å². The third kappa shape index (κ3) is 4.57. The highest BCUT2D eigenvalue weighted by molar-refractivity contribution is 7.92. The topological polar surface area (TPSA) is 122 Å². The second-order valence-corrected chi connectivity index (χ2v) is 11.6. The van der Waals surface area contributed by atoms with E-state index in [9.17, 15) is 18.3 Å². The first kappa shape index (κ1) is 24.0. The zero-order chi connectivity index (χ0) is 24.6. The maximum Gasteiger partial charge on any atom is 0.264 e. The van der Waals surface area contributed by atoms with Gasteiger partial charge in [0.05, 0.1) is 12.1 Å². The number of hydrogen-bond acceptors (Lipinski definition) is 6. The van der Waals surface area contributed by atoms with E-state index < -0.39 is 20.5 Å². The number of amides is 1. The van der Waals surface area contributed by atoms with E-state index in [1.165, 1.54) is 12.4 Å². The van der Waals surface area contributed by atoms with Crippen molar-refractivity contribution in [1.29, 1.82) is 0 Å². The third-order valence-electron chi connectivity index (χ3n) is 6.77. The number of fused-ring (bicyclic) bond motifs is 1. The van der Waals surface area contributed by atoms with Crippen LogP contribution in [0.15, 0.2) is 48.7 Å². The second kappa shape index (κ2) is 8.87. The molecular weight excluding hydrogens is 454 g/mol. The van der Waals surface area contributed by atoms with Gasteiger partial charge in [-0.25, -0.2) is 13.9 Å². The first-order chi connectivity index (χ1) is 16.1. The molecule has 0 bridgehead atoms. The Balaban J connectivity index is 1.49. The lowest BCUT2D eigenvalue weighted by atomic mass is 9.96. The quantitative estimate of drug-likeness (QED) is 0.270. The number of carbonyl (C=O) groups excluding carboxylic acids is 1. The highest BCUT2D eigenvalue weighted by Crippen LogP contribution is 2.47. The van der Waals surface area contributed by atoms with Crippen LogP contribution in [-0.2, 0) is 26.6 Å². The molecule has 178 valence electrons. The molecule has 0 saturated heterocycles. The summed E-state index contributed by atoms with van der Waals surface area (Å²) in [5, 5.41) is 23.8. The van der Waals surface area contributed by atoms with E-state index in [1.54, 1.807) is 10.9 Å². The Labute approximate surface area is 198 Å². The second-order valence-electron chi connectivity index (χ2n) is 9.13. The number of sulfone groups is 1. The summed E-state index contributed by atoms with van der Waals surface area (Å²) < 4.78 is 24.1. The fourth-order valence-electron chi connectivity index (χ4n) is 3.92. The Hall–Kier alpha value is -3.19. The van der Waals surface area contributed by atoms with Gasteiger partial charge in [-0.05, 0) is 62.1 Å². The number of hydrogen-bond donors (Lipinski definition) is 3. The first-order valence-corrected chi connectivity index (χ1v) is 12.8. The Morgan fingerprint density at radius 3 is 2.41 bits per heavy atom. The molecule has 0 unspecified atom stereocenters. The van der Waals surface area contributed by atoms with Gasteiger partial charge in [0.2, 0.25) is 0 Å². The molecule has 0 radical (unpaired) electrons. The predicted octanol–water partition coefficient (Wildman–Crippen LogP) is 2.16. The van der Waals surface area contributed by atoms with Crippen LogP contribution in [-0.4, -0.2) is 52.0 Å². The molecule has 1 atom stereocenters. The van der Waals surface area contributed by atoms with E-state index in [-0.39, 0.29) is 25.0 Å². The van der Waals surface area contributed by atoms with Crippen molar-refractivity contribution in [2.45, 2.75) is 42.9 Å². The molecular formula is C25H27N3O5S. The summed E-state index contributed by atoms with van der Waals surface area (Å²) in [5.74, 6) is 5.34. The third-order valence-corrected chi connectivity index (χ3v) is 8.80. The molecule has 8 nitrogen and oxygen atoms in total. The SMILES string of the molecule is C[C@@](CCn1cc2cc(C#Cc3ccc(C4(CO)CC4)cc3)ccc2n1)(C(=O)NO)S(C)(=O)=O. The molecule has 34 heavy (non-hydrogen) atoms. The molecule has 3 N–H and O–H groups in total. The summed E-state index contributed by atoms with van der Waals surface area (Å²) in [6.07, 6.45) is 4.73. The zero-order valence-corrected chi connectivity index (χ0v) is 19.9. The number of aromatic nitrogens is 2. The van der Waals surface area contributed by atoms with Gasteiger partial charge in [-0.3, -0.25) is 14.7 Å². The summed E-state index contributed by atoms with van der Waals surface area (Å²) in [7, 11) is -3.77. The molecule has 1 fully saturated rings. The molecule has 1 aliphatic carbocycles. The number of carbonyl (C=O) groups is 1. The van der Waals surface area contributed by atoms with Gasteiger partial charge in [-0.15, -0.1) is 0 Å². The van der Waals surface area contributed by atoms with Gasteiger partial charge in [0.15, 0.2) is 14.6 Å². The molecule has 3 aromatic rings. The number of hydroxylamine groups is 1. The zero-order valence-electron chi connectivity index (χ0n) is 19.1. The van der Waals surface area contributed by atoms with Crippen molar-refractivity contribution in [1.82, 2.24) is 15.3 Å². The largest absolute Gasteiger partial charge is 0.395 e. The number of nitrogens with one attached hydrogen (secondary N) is 1. The van der Waals surface area contributed by atoms with Gasteiger partial charge >= 0.3 is 0 Å². The van der Waals surface area contributed by atoms with Crippen LogP contribution >= 0.6 is 0 Å². The molecule has 9 heteroatoms. The molecule has 0 aliphatic heterocycles. The average Bonchev–Trinajstić information content (AvgIpc) is 3.52. The van der Waals surface area contributed by atoms with Crippen LogP contribution in [0.25, 0.3) is 10.9 Å². The molecule has 4 rings (SSSR count). The fraction of sp³-hybridized carbons (Fsp3) is 0.360. The van der Waals surface area contributed by atoms with Crippen molar-refractivity contribution in [3.8, 4) is 11.8 Å². The van der Waals surface area contributed by atoms with Crippen molar-refractivity contribution in [3.63, 3.8) is 0 Å². The lowest BCUT2D eigenvalue weighted by molar-refractivity contribution is -0.131. The average molecular weight is 482 g/mol. The summed E-state index contributed by atoms with van der Waals surface area (Å²) >= 11 is 0. The van der Waals surface area contributed by atoms with Crippen molar-refractivity contribution in [2.24, 2.45) is 0 Å². The van der Waals surface area contributed by atoms with E-state index in [0.29, 0.717) is 0 Å². The summed E-state index contributed by atoms with van der Waals surface area (Å²) in [4.78, 5) is 12.0. The van der Waals surface area contributed by atoms with E-state index in [4.69, 9.17) is 5.21 Å². The minimum Gasteiger partial charge on any atom is -0.395 e. The highest BCUT2D eigenvalue weighted by Gasteiger charge is 2.44. The Morgan fingerprint density at radius 2 is 1.82 bits per heavy atom. The van der Waals surface area contributed by atoms with Crippen molar-refractivity contribution >= 4 is 26.6 Å². The van der Waals surface area contributed by atoms with Crippen LogP contribution in [0.5, 0.6) is 0 Å². The van der Waals surface area contributed by atoms with Crippen LogP contribution < -0.4 is 5.48 Å². The molecule has 1 saturated carbocycles. The Kier molecular flexibility index (Phi) is 6.25. The highest BCUT2D eigenvalue weighted by atomic mass is 32.2. The number of rotatable bonds is 7. The normalized spacial score (nSPS) is 16.4. The summed E-state index contributed by atoms with van der Waals surface area (Å²) in [6, 6.07) is 13.6. The molecule has 1 heterocycles. The van der Waals surface area contributed by atoms with Gasteiger partial charge in [0.1, 0.15) is 0 Å². The number of aliphatic hydroxyl groups excluding tert-OH is 1. The van der Waals surface area contributed by atoms with Gasteiger partial charge < -0.3 is 5.11 Å². The van der Waals surface area contributed by atoms with Crippen LogP contribution in [0.3, 0.4) is 0 Å². The summed E-state index contributed by atoms with van der Waals surface area (Å²) in [5.41, 5.74) is 4.96. The van der Waals surface area contributed by atoms with Crippen LogP contribution in [0, 0.1) is 11.8 Å². The van der Waals surface area contributed by atoms with E-state index in [2.05, 4.69) is 16.9 Å². The van der Waals surface area contributed by atoms with E-state index in [0.717, 1.165) is 46.7 Å². The van der Waals surface area contributed by atoms with Crippen LogP contribution in [0.4, 0.5) is 0 Å². The van der Waals surface area contributed by atoms with Crippen LogP contribution in [0.1, 0.15) is 42.9 Å². The Morgan fingerprint density at radius 1 is 1.18 bits per heavy atom. The first-order valence-electron chi connectivity index (χ1n) is 10.9. The van der Waals surface area contributed by atoms with Crippen LogP contribution in [0.2, 0.25) is 0 Å². The van der Waals surface area contributed by atoms with Crippen molar-refractivity contribution in [3.05, 3.63) is 65.4 Å². The standard InChI is InChI=1S/C25H27N3O5S/c1-24(23(30)27-31,34(2,32)33)13-14-28-16-20-15-19(7-10-22(20)26-28)4-3-18-5-8-21(9-6-18)25(17-29)11-12-25/h5-10,15-16,29,31H,11-14,17H2,1-2H3,(H,27,30)/t24-/m1/s1. The minimum absolute atomic E-state index is 0.0492. The smallest absolute Gasteiger partial charge is 0.264 e. The lowest BCUT2D eigenvalue weighted by Gasteiger charge is -2.24. The Bertz CT molecular complexity index is 1400. The van der Waals surface area contributed by atoms with Gasteiger partial charge in [0.25, 0.3) is 5.91 Å². The fourth-order valence-corrected chi connectivity index (χ4v) is 4.77. The number of aryl methyl sites for hydroxylation is 1. The molecule has 1 aliphatic rings.